The molecule has 1 saturated heterocycles. The standard InChI is InChI=1S/C4H7NO2.Na.H/c6-4-2-1-3-5(4)7;;/h7H,1-3H2;;. The van der Waals surface area contributed by atoms with Gasteiger partial charge in [-0.25, -0.2) is 5.06 Å². The van der Waals surface area contributed by atoms with Crippen LogP contribution < -0.4 is 0 Å². The first-order valence-corrected chi connectivity index (χ1v) is 2.30. The van der Waals surface area contributed by atoms with Crippen LogP contribution in [0.15, 0.2) is 0 Å². The zero-order valence-corrected chi connectivity index (χ0v) is 3.92. The molecule has 1 rings (SSSR count). The topological polar surface area (TPSA) is 40.5 Å². The third-order valence-electron chi connectivity index (χ3n) is 1.05. The first-order chi connectivity index (χ1) is 3.30. The van der Waals surface area contributed by atoms with Crippen molar-refractivity contribution < 1.29 is 10.0 Å². The van der Waals surface area contributed by atoms with Crippen molar-refractivity contribution in [3.63, 3.8) is 0 Å². The molecule has 0 aromatic rings. The zero-order valence-electron chi connectivity index (χ0n) is 3.92. The Morgan fingerprint density at radius 1 is 1.62 bits per heavy atom. The fourth-order valence-corrected chi connectivity index (χ4v) is 0.634. The SMILES string of the molecule is O=C1CCCN1O.[NaH]. The molecule has 0 spiro atoms. The van der Waals surface area contributed by atoms with Crippen molar-refractivity contribution in [1.29, 1.82) is 0 Å². The van der Waals surface area contributed by atoms with Gasteiger partial charge in [0.1, 0.15) is 0 Å². The number of hydroxylamine groups is 2. The second-order valence-electron chi connectivity index (χ2n) is 1.62. The molecule has 0 radical (unpaired) electrons. The van der Waals surface area contributed by atoms with Crippen LogP contribution >= 0.6 is 0 Å². The van der Waals surface area contributed by atoms with Gasteiger partial charge in [-0.3, -0.25) is 10.0 Å². The number of carbonyl (C=O) groups excluding carboxylic acids is 1. The number of nitrogens with zero attached hydrogens (tertiary/aromatic N) is 1. The number of hydrogen-bond acceptors (Lipinski definition) is 2. The summed E-state index contributed by atoms with van der Waals surface area (Å²) >= 11 is 0. The van der Waals surface area contributed by atoms with Crippen LogP contribution in [-0.2, 0) is 4.79 Å². The Kier molecular flexibility index (Phi) is 3.64. The van der Waals surface area contributed by atoms with Crippen molar-refractivity contribution in [1.82, 2.24) is 5.06 Å². The summed E-state index contributed by atoms with van der Waals surface area (Å²) in [6.07, 6.45) is 1.31. The molecule has 8 heavy (non-hydrogen) atoms. The van der Waals surface area contributed by atoms with Crippen molar-refractivity contribution in [2.45, 2.75) is 12.8 Å². The molecule has 0 aliphatic carbocycles. The molecule has 0 aromatic heterocycles. The molecule has 42 valence electrons. The molecule has 0 saturated carbocycles. The van der Waals surface area contributed by atoms with Crippen molar-refractivity contribution in [3.05, 3.63) is 0 Å². The van der Waals surface area contributed by atoms with E-state index in [9.17, 15) is 4.79 Å². The zero-order chi connectivity index (χ0) is 5.28. The van der Waals surface area contributed by atoms with Gasteiger partial charge in [-0.15, -0.1) is 0 Å². The van der Waals surface area contributed by atoms with Gasteiger partial charge in [-0.1, -0.05) is 0 Å². The van der Waals surface area contributed by atoms with Crippen molar-refractivity contribution in [2.75, 3.05) is 6.54 Å². The van der Waals surface area contributed by atoms with Crippen LogP contribution in [-0.4, -0.2) is 52.3 Å². The van der Waals surface area contributed by atoms with Gasteiger partial charge in [0.2, 0.25) is 5.91 Å². The Balaban J connectivity index is 0.000000490. The third kappa shape index (κ3) is 1.74. The molecular weight excluding hydrogens is 117 g/mol. The van der Waals surface area contributed by atoms with E-state index in [0.717, 1.165) is 11.5 Å². The van der Waals surface area contributed by atoms with Gasteiger partial charge < -0.3 is 0 Å². The molecule has 3 nitrogen and oxygen atoms in total. The summed E-state index contributed by atoms with van der Waals surface area (Å²) < 4.78 is 0. The summed E-state index contributed by atoms with van der Waals surface area (Å²) in [6.45, 7) is 0.513. The first kappa shape index (κ1) is 8.43. The number of carbonyl (C=O) groups is 1. The molecule has 1 aliphatic heterocycles. The van der Waals surface area contributed by atoms with Gasteiger partial charge in [0.15, 0.2) is 0 Å². The van der Waals surface area contributed by atoms with Gasteiger partial charge in [-0.05, 0) is 6.42 Å². The van der Waals surface area contributed by atoms with E-state index in [4.69, 9.17) is 5.21 Å². The molecular formula is C4H8NNaO2. The number of rotatable bonds is 0. The molecule has 1 amide bonds. The maximum atomic E-state index is 10.2. The van der Waals surface area contributed by atoms with Crippen LogP contribution in [0.2, 0.25) is 0 Å². The van der Waals surface area contributed by atoms with Crippen LogP contribution in [0.25, 0.3) is 0 Å². The van der Waals surface area contributed by atoms with Crippen LogP contribution in [0, 0.1) is 0 Å². The monoisotopic (exact) mass is 125 g/mol. The van der Waals surface area contributed by atoms with Crippen LogP contribution in [0.5, 0.6) is 0 Å². The predicted molar refractivity (Wildman–Crippen MR) is 29.9 cm³/mol. The van der Waals surface area contributed by atoms with Gasteiger partial charge in [0.25, 0.3) is 0 Å². The fraction of sp³-hybridized carbons (Fsp3) is 0.750. The quantitative estimate of drug-likeness (QED) is 0.345. The van der Waals surface area contributed by atoms with Crippen LogP contribution in [0.1, 0.15) is 12.8 Å². The van der Waals surface area contributed by atoms with E-state index in [2.05, 4.69) is 0 Å². The van der Waals surface area contributed by atoms with Crippen molar-refractivity contribution in [3.8, 4) is 0 Å². The average molecular weight is 125 g/mol. The first-order valence-electron chi connectivity index (χ1n) is 2.30. The Hall–Kier alpha value is 0.430. The molecule has 0 unspecified atom stereocenters. The number of hydrogen-bond donors (Lipinski definition) is 1. The Morgan fingerprint density at radius 3 is 2.38 bits per heavy atom. The Morgan fingerprint density at radius 2 is 2.25 bits per heavy atom. The van der Waals surface area contributed by atoms with Crippen molar-refractivity contribution >= 4 is 35.5 Å². The summed E-state index contributed by atoms with van der Waals surface area (Å²) in [5.41, 5.74) is 0. The molecule has 1 fully saturated rings. The molecule has 0 atom stereocenters. The van der Waals surface area contributed by atoms with Gasteiger partial charge >= 0.3 is 29.6 Å². The molecule has 1 heterocycles. The van der Waals surface area contributed by atoms with E-state index in [1.165, 1.54) is 0 Å². The third-order valence-corrected chi connectivity index (χ3v) is 1.05. The second-order valence-corrected chi connectivity index (χ2v) is 1.62. The molecule has 1 aliphatic rings. The molecule has 0 bridgehead atoms. The van der Waals surface area contributed by atoms with E-state index < -0.39 is 0 Å². The normalized spacial score (nSPS) is 18.6. The van der Waals surface area contributed by atoms with Gasteiger partial charge in [0.05, 0.1) is 0 Å². The van der Waals surface area contributed by atoms with E-state index in [-0.39, 0.29) is 35.5 Å². The predicted octanol–water partition coefficient (Wildman–Crippen LogP) is -0.650. The molecule has 4 heteroatoms. The van der Waals surface area contributed by atoms with Gasteiger partial charge in [-0.2, -0.15) is 0 Å². The average Bonchev–Trinajstić information content (AvgIpc) is 1.91. The Bertz CT molecular complexity index is 96.0. The van der Waals surface area contributed by atoms with E-state index >= 15 is 0 Å². The minimum absolute atomic E-state index is 0. The molecule has 0 aromatic carbocycles. The van der Waals surface area contributed by atoms with Crippen LogP contribution in [0.4, 0.5) is 0 Å². The van der Waals surface area contributed by atoms with E-state index in [1.807, 2.05) is 0 Å². The van der Waals surface area contributed by atoms with Crippen molar-refractivity contribution in [2.24, 2.45) is 0 Å². The number of amides is 1. The summed E-state index contributed by atoms with van der Waals surface area (Å²) in [5, 5.41) is 9.25. The summed E-state index contributed by atoms with van der Waals surface area (Å²) in [6, 6.07) is 0. The summed E-state index contributed by atoms with van der Waals surface area (Å²) in [4.78, 5) is 10.2. The maximum absolute atomic E-state index is 10.2. The summed E-state index contributed by atoms with van der Waals surface area (Å²) in [7, 11) is 0. The second kappa shape index (κ2) is 3.45. The summed E-state index contributed by atoms with van der Waals surface area (Å²) in [5.74, 6) is -0.153. The van der Waals surface area contributed by atoms with Crippen LogP contribution in [0.3, 0.4) is 0 Å². The van der Waals surface area contributed by atoms with E-state index in [0.29, 0.717) is 13.0 Å². The molecule has 1 N–H and O–H groups in total. The van der Waals surface area contributed by atoms with Gasteiger partial charge in [0, 0.05) is 13.0 Å². The Labute approximate surface area is 69.9 Å². The fourth-order valence-electron chi connectivity index (χ4n) is 0.634. The minimum atomic E-state index is -0.153. The van der Waals surface area contributed by atoms with E-state index in [1.54, 1.807) is 0 Å².